The molecular formula is C27H64O12Si8. The van der Waals surface area contributed by atoms with Gasteiger partial charge in [-0.05, 0) is 134 Å². The van der Waals surface area contributed by atoms with Crippen LogP contribution in [0.5, 0.6) is 0 Å². The highest BCUT2D eigenvalue weighted by molar-refractivity contribution is 6.81. The maximum atomic E-state index is 11.0. The standard InChI is InChI=1S/C27H64O12Si8/c1-40-32-42(3)36-46(7,37-43(4)33-40)17-9-15-30-26-13-11-22(20-24(26)28)19-23-12-14-27(25(29)21-23)31-16-10-18-47(8)38-44(5)34-41(2)35-45(6)39-47/h22-29,40-45H,9-21H2,1-8H3. The monoisotopic (exact) mass is 804 g/mol. The number of hydrogen-bond donors (Lipinski definition) is 2. The zero-order chi connectivity index (χ0) is 34.2. The van der Waals surface area contributed by atoms with Gasteiger partial charge in [0, 0.05) is 13.2 Å². The molecule has 4 rings (SSSR count). The summed E-state index contributed by atoms with van der Waals surface area (Å²) in [6.07, 6.45) is 7.06. The number of ether oxygens (including phenoxy) is 2. The summed E-state index contributed by atoms with van der Waals surface area (Å²) in [4.78, 5) is 0. The van der Waals surface area contributed by atoms with E-state index >= 15 is 0 Å². The van der Waals surface area contributed by atoms with E-state index in [-0.39, 0.29) is 12.2 Å². The van der Waals surface area contributed by atoms with Crippen molar-refractivity contribution in [2.75, 3.05) is 13.2 Å². The molecule has 0 bridgehead atoms. The van der Waals surface area contributed by atoms with Gasteiger partial charge in [-0.2, -0.15) is 0 Å². The molecule has 2 aliphatic carbocycles. The quantitative estimate of drug-likeness (QED) is 0.222. The topological polar surface area (TPSA) is 133 Å². The van der Waals surface area contributed by atoms with Crippen LogP contribution in [0.3, 0.4) is 0 Å². The maximum absolute atomic E-state index is 11.0. The van der Waals surface area contributed by atoms with Crippen LogP contribution in [-0.2, 0) is 42.4 Å². The third-order valence-corrected chi connectivity index (χ3v) is 37.9. The Morgan fingerprint density at radius 2 is 0.894 bits per heavy atom. The summed E-state index contributed by atoms with van der Waals surface area (Å²) in [5, 5.41) is 21.9. The van der Waals surface area contributed by atoms with Crippen LogP contribution in [0.2, 0.25) is 64.5 Å². The van der Waals surface area contributed by atoms with Crippen molar-refractivity contribution in [3.8, 4) is 0 Å². The Hall–Kier alpha value is 1.26. The first kappa shape index (κ1) is 41.0. The summed E-state index contributed by atoms with van der Waals surface area (Å²) in [6.45, 7) is 17.8. The van der Waals surface area contributed by atoms with Crippen molar-refractivity contribution in [3.63, 3.8) is 0 Å². The van der Waals surface area contributed by atoms with Crippen LogP contribution < -0.4 is 0 Å². The minimum absolute atomic E-state index is 0.111. The summed E-state index contributed by atoms with van der Waals surface area (Å²) < 4.78 is 62.0. The predicted molar refractivity (Wildman–Crippen MR) is 200 cm³/mol. The maximum Gasteiger partial charge on any atom is 0.317 e. The van der Waals surface area contributed by atoms with Crippen LogP contribution in [-0.4, -0.2) is 121 Å². The molecule has 2 saturated heterocycles. The number of aliphatic hydroxyl groups excluding tert-OH is 2. The van der Waals surface area contributed by atoms with E-state index in [0.717, 1.165) is 69.9 Å². The average Bonchev–Trinajstić information content (AvgIpc) is 2.93. The Morgan fingerprint density at radius 1 is 0.553 bits per heavy atom. The Balaban J connectivity index is 1.09. The van der Waals surface area contributed by atoms with Crippen LogP contribution in [0.15, 0.2) is 0 Å². The highest BCUT2D eigenvalue weighted by atomic mass is 28.5. The van der Waals surface area contributed by atoms with E-state index < -0.39 is 85.0 Å². The zero-order valence-corrected chi connectivity index (χ0v) is 39.0. The zero-order valence-electron chi connectivity index (χ0n) is 30.1. The summed E-state index contributed by atoms with van der Waals surface area (Å²) in [5.74, 6) is 0.938. The molecule has 2 saturated carbocycles. The SMILES string of the molecule is C[SiH]1O[SiH](C)O[Si](C)(CCCOC2CCC(CC3CCC(OCCC[Si]4(C)O[SiH](C)O[SiH](C)O[SiH](C)O4)C(O)C3)CC2O)O[SiH](C)O1. The lowest BCUT2D eigenvalue weighted by Crippen LogP contribution is -2.53. The molecule has 0 aromatic heterocycles. The summed E-state index contributed by atoms with van der Waals surface area (Å²) in [7, 11) is -14.9. The third kappa shape index (κ3) is 14.0. The molecule has 2 aliphatic heterocycles. The lowest BCUT2D eigenvalue weighted by Gasteiger charge is -2.38. The second-order valence-electron chi connectivity index (χ2n) is 14.4. The van der Waals surface area contributed by atoms with E-state index in [1.807, 2.05) is 0 Å². The first-order valence-electron chi connectivity index (χ1n) is 18.1. The van der Waals surface area contributed by atoms with Gasteiger partial charge in [0.2, 0.25) is 0 Å². The molecule has 4 aliphatic rings. The van der Waals surface area contributed by atoms with Gasteiger partial charge in [0.15, 0.2) is 0 Å². The van der Waals surface area contributed by atoms with Gasteiger partial charge in [0.25, 0.3) is 55.7 Å². The minimum Gasteiger partial charge on any atom is -0.420 e. The summed E-state index contributed by atoms with van der Waals surface area (Å²) >= 11 is 0. The fourth-order valence-electron chi connectivity index (χ4n) is 7.90. The molecule has 2 heterocycles. The van der Waals surface area contributed by atoms with Gasteiger partial charge < -0.3 is 52.6 Å². The van der Waals surface area contributed by atoms with Gasteiger partial charge >= 0.3 is 17.1 Å². The highest BCUT2D eigenvalue weighted by Gasteiger charge is 2.41. The Morgan fingerprint density at radius 3 is 1.21 bits per heavy atom. The normalized spacial score (nSPS) is 45.8. The largest absolute Gasteiger partial charge is 0.420 e. The van der Waals surface area contributed by atoms with E-state index in [1.54, 1.807) is 0 Å². The molecule has 10 unspecified atom stereocenters. The summed E-state index contributed by atoms with van der Waals surface area (Å²) in [6, 6.07) is 1.70. The molecule has 47 heavy (non-hydrogen) atoms. The van der Waals surface area contributed by atoms with E-state index in [1.165, 1.54) is 0 Å². The molecule has 0 amide bonds. The van der Waals surface area contributed by atoms with Gasteiger partial charge in [0.05, 0.1) is 24.4 Å². The van der Waals surface area contributed by atoms with Crippen LogP contribution in [0, 0.1) is 11.8 Å². The van der Waals surface area contributed by atoms with Gasteiger partial charge in [-0.25, -0.2) is 0 Å². The fourth-order valence-corrected chi connectivity index (χ4v) is 37.2. The molecule has 0 radical (unpaired) electrons. The van der Waals surface area contributed by atoms with Crippen molar-refractivity contribution in [2.24, 2.45) is 11.8 Å². The van der Waals surface area contributed by atoms with Crippen molar-refractivity contribution in [1.29, 1.82) is 0 Å². The van der Waals surface area contributed by atoms with Crippen molar-refractivity contribution in [1.82, 2.24) is 0 Å². The Bertz CT molecular complexity index is 837. The van der Waals surface area contributed by atoms with E-state index in [4.69, 9.17) is 42.4 Å². The van der Waals surface area contributed by atoms with Gasteiger partial charge in [-0.1, -0.05) is 0 Å². The first-order valence-corrected chi connectivity index (χ1v) is 35.8. The van der Waals surface area contributed by atoms with E-state index in [0.29, 0.717) is 25.0 Å². The highest BCUT2D eigenvalue weighted by Crippen LogP contribution is 2.37. The van der Waals surface area contributed by atoms with E-state index in [2.05, 4.69) is 52.4 Å². The smallest absolute Gasteiger partial charge is 0.317 e. The molecule has 2 N–H and O–H groups in total. The molecule has 10 atom stereocenters. The second kappa shape index (κ2) is 19.4. The fraction of sp³-hybridized carbons (Fsp3) is 1.00. The van der Waals surface area contributed by atoms with E-state index in [9.17, 15) is 10.2 Å². The third-order valence-electron chi connectivity index (χ3n) is 9.80. The molecule has 4 fully saturated rings. The molecule has 276 valence electrons. The number of aliphatic hydroxyl groups is 2. The van der Waals surface area contributed by atoms with Crippen molar-refractivity contribution >= 4 is 72.8 Å². The van der Waals surface area contributed by atoms with Gasteiger partial charge in [-0.15, -0.1) is 0 Å². The lowest BCUT2D eigenvalue weighted by molar-refractivity contribution is -0.0837. The van der Waals surface area contributed by atoms with Gasteiger partial charge in [-0.3, -0.25) is 0 Å². The number of rotatable bonds is 12. The summed E-state index contributed by atoms with van der Waals surface area (Å²) in [5.41, 5.74) is 0. The molecule has 0 aromatic carbocycles. The molecule has 20 heteroatoms. The van der Waals surface area contributed by atoms with Crippen LogP contribution >= 0.6 is 0 Å². The first-order chi connectivity index (χ1) is 22.2. The van der Waals surface area contributed by atoms with Crippen molar-refractivity contribution < 1.29 is 52.6 Å². The molecule has 12 nitrogen and oxygen atoms in total. The van der Waals surface area contributed by atoms with Gasteiger partial charge in [0.1, 0.15) is 0 Å². The number of hydrogen-bond acceptors (Lipinski definition) is 12. The predicted octanol–water partition coefficient (Wildman–Crippen LogP) is 2.65. The molecule has 0 aromatic rings. The van der Waals surface area contributed by atoms with Crippen LogP contribution in [0.25, 0.3) is 0 Å². The average molecular weight is 805 g/mol. The molecular weight excluding hydrogens is 741 g/mol. The van der Waals surface area contributed by atoms with Crippen molar-refractivity contribution in [3.05, 3.63) is 0 Å². The van der Waals surface area contributed by atoms with Crippen LogP contribution in [0.1, 0.15) is 57.8 Å². The Labute approximate surface area is 296 Å². The Kier molecular flexibility index (Phi) is 16.9. The molecule has 0 spiro atoms. The second-order valence-corrected chi connectivity index (χ2v) is 34.9. The van der Waals surface area contributed by atoms with Crippen LogP contribution in [0.4, 0.5) is 0 Å². The van der Waals surface area contributed by atoms with Crippen molar-refractivity contribution in [2.45, 2.75) is 147 Å². The lowest BCUT2D eigenvalue weighted by atomic mass is 9.75. The minimum atomic E-state index is -2.34.